The highest BCUT2D eigenvalue weighted by Crippen LogP contribution is 2.47. The monoisotopic (exact) mass is 283 g/mol. The van der Waals surface area contributed by atoms with E-state index in [1.165, 1.54) is 18.3 Å². The van der Waals surface area contributed by atoms with Crippen LogP contribution in [0.2, 0.25) is 0 Å². The van der Waals surface area contributed by atoms with E-state index >= 15 is 0 Å². The summed E-state index contributed by atoms with van der Waals surface area (Å²) in [6.45, 7) is -1.45. The van der Waals surface area contributed by atoms with Crippen molar-refractivity contribution in [3.05, 3.63) is 39.4 Å². The highest BCUT2D eigenvalue weighted by molar-refractivity contribution is 5.48. The van der Waals surface area contributed by atoms with Crippen molar-refractivity contribution in [3.63, 3.8) is 0 Å². The Labute approximate surface area is 112 Å². The third-order valence-corrected chi connectivity index (χ3v) is 3.63. The van der Waals surface area contributed by atoms with Gasteiger partial charge in [-0.2, -0.15) is 5.26 Å². The lowest BCUT2D eigenvalue weighted by Crippen LogP contribution is -2.54. The van der Waals surface area contributed by atoms with E-state index < -0.39 is 23.0 Å². The van der Waals surface area contributed by atoms with E-state index in [2.05, 4.69) is 0 Å². The number of rotatable bonds is 4. The number of fused-ring (bicyclic) bond motifs is 1. The Morgan fingerprint density at radius 1 is 1.60 bits per heavy atom. The van der Waals surface area contributed by atoms with E-state index in [-0.39, 0.29) is 24.1 Å². The summed E-state index contributed by atoms with van der Waals surface area (Å²) in [4.78, 5) is 10.1. The van der Waals surface area contributed by atoms with Crippen molar-refractivity contribution in [1.29, 1.82) is 5.26 Å². The summed E-state index contributed by atoms with van der Waals surface area (Å²) in [6.07, 6.45) is 1.60. The zero-order valence-electron chi connectivity index (χ0n) is 10.3. The molecule has 1 aliphatic rings. The van der Waals surface area contributed by atoms with Crippen molar-refractivity contribution in [1.82, 2.24) is 5.32 Å². The molecule has 0 aliphatic heterocycles. The molecule has 0 aromatic heterocycles. The Bertz CT molecular complexity index is 600. The van der Waals surface area contributed by atoms with Crippen molar-refractivity contribution in [2.75, 3.05) is 6.61 Å². The van der Waals surface area contributed by atoms with Gasteiger partial charge in [0.1, 0.15) is 12.1 Å². The molecular formula is C12H11F2N3O3. The molecule has 8 heteroatoms. The minimum Gasteiger partial charge on any atom is -0.390 e. The van der Waals surface area contributed by atoms with Crippen LogP contribution in [0.25, 0.3) is 0 Å². The van der Waals surface area contributed by atoms with Crippen LogP contribution in [0.4, 0.5) is 14.5 Å². The van der Waals surface area contributed by atoms with Crippen molar-refractivity contribution < 1.29 is 18.8 Å². The molecule has 0 amide bonds. The standard InChI is InChI=1S/C12H11F2N3O3/c13-12(14,6-18)11(16-7-15)4-3-8-1-2-9(17(19)20)5-10(8)11/h1-2,5,16,18H,3-4,6H2/t11-/m1/s1. The van der Waals surface area contributed by atoms with Crippen LogP contribution in [-0.4, -0.2) is 22.6 Å². The number of nitro benzene ring substituents is 1. The zero-order chi connectivity index (χ0) is 15.0. The maximum atomic E-state index is 14.1. The first-order chi connectivity index (χ1) is 9.38. The largest absolute Gasteiger partial charge is 0.390 e. The molecule has 0 radical (unpaired) electrons. The topological polar surface area (TPSA) is 99.2 Å². The van der Waals surface area contributed by atoms with Crippen LogP contribution in [0.15, 0.2) is 18.2 Å². The minimum absolute atomic E-state index is 0.00713. The molecule has 0 fully saturated rings. The number of aliphatic hydroxyl groups excluding tert-OH is 1. The van der Waals surface area contributed by atoms with Gasteiger partial charge in [0.25, 0.3) is 11.6 Å². The van der Waals surface area contributed by atoms with Gasteiger partial charge in [-0.3, -0.25) is 10.1 Å². The predicted molar refractivity (Wildman–Crippen MR) is 63.9 cm³/mol. The van der Waals surface area contributed by atoms with Gasteiger partial charge in [0, 0.05) is 12.1 Å². The average Bonchev–Trinajstić information content (AvgIpc) is 2.79. The summed E-state index contributed by atoms with van der Waals surface area (Å²) in [6, 6.07) is 3.68. The van der Waals surface area contributed by atoms with Crippen molar-refractivity contribution in [3.8, 4) is 6.19 Å². The molecule has 20 heavy (non-hydrogen) atoms. The van der Waals surface area contributed by atoms with Gasteiger partial charge >= 0.3 is 0 Å². The maximum absolute atomic E-state index is 14.1. The highest BCUT2D eigenvalue weighted by Gasteiger charge is 2.58. The number of alkyl halides is 2. The van der Waals surface area contributed by atoms with Crippen molar-refractivity contribution >= 4 is 5.69 Å². The molecule has 6 nitrogen and oxygen atoms in total. The fourth-order valence-electron chi connectivity index (χ4n) is 2.58. The number of halogens is 2. The summed E-state index contributed by atoms with van der Waals surface area (Å²) in [5, 5.41) is 30.5. The first-order valence-electron chi connectivity index (χ1n) is 5.81. The molecule has 1 atom stereocenters. The maximum Gasteiger partial charge on any atom is 0.297 e. The van der Waals surface area contributed by atoms with Gasteiger partial charge in [-0.05, 0) is 24.0 Å². The molecule has 1 aromatic rings. The molecule has 0 saturated heterocycles. The number of non-ortho nitro benzene ring substituents is 1. The van der Waals surface area contributed by atoms with Gasteiger partial charge in [0.2, 0.25) is 0 Å². The molecule has 0 heterocycles. The Kier molecular flexibility index (Phi) is 3.31. The lowest BCUT2D eigenvalue weighted by Gasteiger charge is -2.35. The lowest BCUT2D eigenvalue weighted by atomic mass is 9.85. The number of nitrogens with zero attached hydrogens (tertiary/aromatic N) is 2. The van der Waals surface area contributed by atoms with E-state index in [4.69, 9.17) is 10.4 Å². The predicted octanol–water partition coefficient (Wildman–Crippen LogP) is 1.43. The van der Waals surface area contributed by atoms with E-state index in [0.29, 0.717) is 5.56 Å². The second kappa shape index (κ2) is 4.68. The molecule has 2 N–H and O–H groups in total. The molecule has 2 rings (SSSR count). The number of hydrogen-bond acceptors (Lipinski definition) is 5. The zero-order valence-corrected chi connectivity index (χ0v) is 10.3. The van der Waals surface area contributed by atoms with Gasteiger partial charge in [0.05, 0.1) is 4.92 Å². The summed E-state index contributed by atoms with van der Waals surface area (Å²) < 4.78 is 28.2. The molecular weight excluding hydrogens is 272 g/mol. The molecule has 1 aliphatic carbocycles. The smallest absolute Gasteiger partial charge is 0.297 e. The number of benzene rings is 1. The van der Waals surface area contributed by atoms with Gasteiger partial charge in [-0.15, -0.1) is 0 Å². The molecule has 1 aromatic carbocycles. The van der Waals surface area contributed by atoms with E-state index in [1.807, 2.05) is 5.32 Å². The molecule has 0 saturated carbocycles. The second-order valence-electron chi connectivity index (χ2n) is 4.60. The Morgan fingerprint density at radius 2 is 2.30 bits per heavy atom. The second-order valence-corrected chi connectivity index (χ2v) is 4.60. The van der Waals surface area contributed by atoms with Gasteiger partial charge in [-0.25, -0.2) is 8.78 Å². The van der Waals surface area contributed by atoms with Gasteiger partial charge in [0.15, 0.2) is 6.19 Å². The van der Waals surface area contributed by atoms with Crippen LogP contribution in [0, 0.1) is 21.6 Å². The normalized spacial score (nSPS) is 21.1. The highest BCUT2D eigenvalue weighted by atomic mass is 19.3. The number of aliphatic hydroxyl groups is 1. The first kappa shape index (κ1) is 14.1. The van der Waals surface area contributed by atoms with Crippen LogP contribution in [-0.2, 0) is 12.0 Å². The summed E-state index contributed by atoms with van der Waals surface area (Å²) in [5.41, 5.74) is -1.93. The molecule has 0 unspecified atom stereocenters. The number of hydrogen-bond donors (Lipinski definition) is 2. The number of nitro groups is 1. The van der Waals surface area contributed by atoms with Crippen LogP contribution < -0.4 is 5.32 Å². The third kappa shape index (κ3) is 1.87. The fraction of sp³-hybridized carbons (Fsp3) is 0.417. The van der Waals surface area contributed by atoms with Crippen LogP contribution >= 0.6 is 0 Å². The summed E-state index contributed by atoms with van der Waals surface area (Å²) in [5.74, 6) is -3.61. The Morgan fingerprint density at radius 3 is 2.85 bits per heavy atom. The van der Waals surface area contributed by atoms with Gasteiger partial charge in [-0.1, -0.05) is 6.07 Å². The quantitative estimate of drug-likeness (QED) is 0.377. The Balaban J connectivity index is 2.63. The number of nitriles is 1. The van der Waals surface area contributed by atoms with E-state index in [9.17, 15) is 18.9 Å². The van der Waals surface area contributed by atoms with Gasteiger partial charge < -0.3 is 10.4 Å². The molecule has 0 spiro atoms. The minimum atomic E-state index is -3.61. The Hall–Kier alpha value is -2.27. The first-order valence-corrected chi connectivity index (χ1v) is 5.81. The molecule has 0 bridgehead atoms. The van der Waals surface area contributed by atoms with Crippen LogP contribution in [0.3, 0.4) is 0 Å². The third-order valence-electron chi connectivity index (χ3n) is 3.63. The number of aryl methyl sites for hydroxylation is 1. The fourth-order valence-corrected chi connectivity index (χ4v) is 2.58. The number of nitrogens with one attached hydrogen (secondary N) is 1. The lowest BCUT2D eigenvalue weighted by molar-refractivity contribution is -0.385. The van der Waals surface area contributed by atoms with Crippen LogP contribution in [0.5, 0.6) is 0 Å². The van der Waals surface area contributed by atoms with Crippen LogP contribution in [0.1, 0.15) is 17.5 Å². The molecule has 106 valence electrons. The van der Waals surface area contributed by atoms with E-state index in [0.717, 1.165) is 6.07 Å². The van der Waals surface area contributed by atoms with Crippen molar-refractivity contribution in [2.45, 2.75) is 24.3 Å². The summed E-state index contributed by atoms with van der Waals surface area (Å²) in [7, 11) is 0. The van der Waals surface area contributed by atoms with E-state index in [1.54, 1.807) is 0 Å². The van der Waals surface area contributed by atoms with Crippen molar-refractivity contribution in [2.24, 2.45) is 0 Å². The average molecular weight is 283 g/mol. The summed E-state index contributed by atoms with van der Waals surface area (Å²) >= 11 is 0. The SMILES string of the molecule is N#CN[C@]1(C(F)(F)CO)CCc2ccc([N+](=O)[O-])cc21.